The molecule has 2 heterocycles. The predicted octanol–water partition coefficient (Wildman–Crippen LogP) is 12.3. The number of halogens is 9. The Morgan fingerprint density at radius 1 is 0.528 bits per heavy atom. The highest BCUT2D eigenvalue weighted by atomic mass is 19.4. The lowest BCUT2D eigenvalue weighted by molar-refractivity contribution is -0.253. The molecule has 0 saturated carbocycles. The summed E-state index contributed by atoms with van der Waals surface area (Å²) in [6, 6.07) is 15.7. The minimum absolute atomic E-state index is 0.0203. The van der Waals surface area contributed by atoms with Gasteiger partial charge in [0.15, 0.2) is 5.90 Å². The van der Waals surface area contributed by atoms with Crippen molar-refractivity contribution in [1.82, 2.24) is 0 Å². The van der Waals surface area contributed by atoms with Gasteiger partial charge < -0.3 is 9.47 Å². The Morgan fingerprint density at radius 3 is 1.36 bits per heavy atom. The number of hydrogen-bond acceptors (Lipinski definition) is 4. The van der Waals surface area contributed by atoms with Crippen LogP contribution in [-0.2, 0) is 20.7 Å². The molecule has 0 saturated heterocycles. The van der Waals surface area contributed by atoms with Crippen molar-refractivity contribution in [3.05, 3.63) is 116 Å². The summed E-state index contributed by atoms with van der Waals surface area (Å²) in [6.45, 7) is 9.94. The molecule has 0 N–H and O–H groups in total. The Bertz CT molecular complexity index is 2180. The molecule has 0 aromatic heterocycles. The average molecular weight is 747 g/mol. The van der Waals surface area contributed by atoms with Crippen molar-refractivity contribution in [2.75, 3.05) is 0 Å². The van der Waals surface area contributed by atoms with Crippen LogP contribution in [0.15, 0.2) is 70.6 Å². The highest BCUT2D eigenvalue weighted by Gasteiger charge is 2.60. The van der Waals surface area contributed by atoms with Crippen LogP contribution in [0.4, 0.5) is 50.9 Å². The van der Waals surface area contributed by atoms with Crippen LogP contribution < -0.4 is 0 Å². The maximum Gasteiger partial charge on any atom is 0.432 e. The lowest BCUT2D eigenvalue weighted by atomic mass is 9.77. The van der Waals surface area contributed by atoms with Crippen LogP contribution in [0.2, 0.25) is 0 Å². The van der Waals surface area contributed by atoms with Gasteiger partial charge in [0.25, 0.3) is 0 Å². The molecule has 2 aliphatic heterocycles. The van der Waals surface area contributed by atoms with Crippen LogP contribution in [-0.4, -0.2) is 30.3 Å². The molecule has 3 unspecified atom stereocenters. The minimum atomic E-state index is -5.17. The molecule has 0 aliphatic carbocycles. The van der Waals surface area contributed by atoms with Crippen LogP contribution in [0.5, 0.6) is 0 Å². The van der Waals surface area contributed by atoms with Crippen LogP contribution in [0.1, 0.15) is 82.3 Å². The SMILES string of the molecule is CC1=Nc2c(cc(C(c3cc4c(c(C)c3C)N=C(c3ccc(-c5ccc(C)cc5)cc3)OC4(C)C(F)(F)F)C(F)(F)F)c(C)c2C)C(C)(C(F)(F)F)O1. The molecule has 0 amide bonds. The lowest BCUT2D eigenvalue weighted by Gasteiger charge is -2.39. The van der Waals surface area contributed by atoms with Crippen molar-refractivity contribution in [1.29, 1.82) is 0 Å². The third-order valence-corrected chi connectivity index (χ3v) is 10.5. The van der Waals surface area contributed by atoms with Gasteiger partial charge in [0.2, 0.25) is 17.1 Å². The van der Waals surface area contributed by atoms with Crippen molar-refractivity contribution < 1.29 is 49.0 Å². The van der Waals surface area contributed by atoms with E-state index in [9.17, 15) is 13.2 Å². The van der Waals surface area contributed by atoms with Gasteiger partial charge in [-0.25, -0.2) is 9.98 Å². The van der Waals surface area contributed by atoms with E-state index in [0.717, 1.165) is 35.7 Å². The Kier molecular flexibility index (Phi) is 8.86. The number of ether oxygens (including phenoxy) is 2. The van der Waals surface area contributed by atoms with Gasteiger partial charge in [0.05, 0.1) is 11.4 Å². The van der Waals surface area contributed by atoms with E-state index in [1.165, 1.54) is 34.6 Å². The summed E-state index contributed by atoms with van der Waals surface area (Å²) < 4.78 is 146. The van der Waals surface area contributed by atoms with Crippen LogP contribution in [0, 0.1) is 34.6 Å². The predicted molar refractivity (Wildman–Crippen MR) is 184 cm³/mol. The largest absolute Gasteiger partial charge is 0.460 e. The fourth-order valence-electron chi connectivity index (χ4n) is 6.99. The van der Waals surface area contributed by atoms with Crippen molar-refractivity contribution >= 4 is 23.2 Å². The van der Waals surface area contributed by atoms with Gasteiger partial charge in [-0.15, -0.1) is 0 Å². The number of benzene rings is 4. The van der Waals surface area contributed by atoms with E-state index in [0.29, 0.717) is 6.92 Å². The van der Waals surface area contributed by atoms with Crippen LogP contribution in [0.3, 0.4) is 0 Å². The van der Waals surface area contributed by atoms with Gasteiger partial charge in [-0.3, -0.25) is 0 Å². The molecule has 0 bridgehead atoms. The summed E-state index contributed by atoms with van der Waals surface area (Å²) in [5.41, 5.74) is -6.12. The van der Waals surface area contributed by atoms with Gasteiger partial charge >= 0.3 is 18.5 Å². The number of nitrogens with zero attached hydrogens (tertiary/aromatic N) is 2. The molecule has 0 radical (unpaired) electrons. The molecule has 0 spiro atoms. The maximum absolute atomic E-state index is 15.4. The lowest BCUT2D eigenvalue weighted by Crippen LogP contribution is -2.46. The molecule has 2 aliphatic rings. The normalized spacial score (nSPS) is 20.8. The second-order valence-electron chi connectivity index (χ2n) is 14.0. The number of fused-ring (bicyclic) bond motifs is 2. The Balaban J connectivity index is 1.56. The number of hydrogen-bond donors (Lipinski definition) is 0. The van der Waals surface area contributed by atoms with Gasteiger partial charge in [-0.1, -0.05) is 42.0 Å². The smallest absolute Gasteiger partial charge is 0.432 e. The molecule has 4 aromatic rings. The monoisotopic (exact) mass is 746 g/mol. The summed E-state index contributed by atoms with van der Waals surface area (Å²) in [5, 5.41) is 0. The van der Waals surface area contributed by atoms with Gasteiger partial charge in [-0.05, 0) is 117 Å². The third-order valence-electron chi connectivity index (χ3n) is 10.5. The zero-order valence-electron chi connectivity index (χ0n) is 30.0. The first kappa shape index (κ1) is 37.9. The van der Waals surface area contributed by atoms with E-state index in [2.05, 4.69) is 9.98 Å². The highest BCUT2D eigenvalue weighted by Crippen LogP contribution is 2.55. The van der Waals surface area contributed by atoms with E-state index in [1.807, 2.05) is 31.2 Å². The fraction of sp³-hybridized carbons (Fsp3) is 0.350. The highest BCUT2D eigenvalue weighted by molar-refractivity contribution is 5.98. The summed E-state index contributed by atoms with van der Waals surface area (Å²) in [4.78, 5) is 8.53. The fourth-order valence-corrected chi connectivity index (χ4v) is 6.99. The molecule has 0 fully saturated rings. The number of rotatable bonds is 4. The molecule has 280 valence electrons. The van der Waals surface area contributed by atoms with Crippen molar-refractivity contribution in [3.63, 3.8) is 0 Å². The number of aryl methyl sites for hydroxylation is 1. The zero-order chi connectivity index (χ0) is 39.2. The summed E-state index contributed by atoms with van der Waals surface area (Å²) in [6.07, 6.45) is -15.4. The van der Waals surface area contributed by atoms with E-state index >= 15 is 26.3 Å². The topological polar surface area (TPSA) is 43.2 Å². The number of alkyl halides is 9. The second-order valence-corrected chi connectivity index (χ2v) is 14.0. The summed E-state index contributed by atoms with van der Waals surface area (Å²) >= 11 is 0. The third kappa shape index (κ3) is 6.15. The van der Waals surface area contributed by atoms with Crippen LogP contribution in [0.25, 0.3) is 11.1 Å². The molecule has 4 nitrogen and oxygen atoms in total. The van der Waals surface area contributed by atoms with Gasteiger partial charge in [-0.2, -0.15) is 39.5 Å². The Morgan fingerprint density at radius 2 is 0.925 bits per heavy atom. The Labute approximate surface area is 300 Å². The first-order valence-electron chi connectivity index (χ1n) is 16.6. The molecule has 13 heteroatoms. The van der Waals surface area contributed by atoms with Crippen molar-refractivity contribution in [2.45, 2.75) is 91.0 Å². The van der Waals surface area contributed by atoms with Gasteiger partial charge in [0.1, 0.15) is 5.92 Å². The number of aliphatic imine (C=N–C) groups is 2. The maximum atomic E-state index is 15.4. The molecule has 3 atom stereocenters. The minimum Gasteiger partial charge on any atom is -0.460 e. The molecule has 6 rings (SSSR count). The van der Waals surface area contributed by atoms with E-state index in [-0.39, 0.29) is 51.0 Å². The first-order valence-corrected chi connectivity index (χ1v) is 16.6. The average Bonchev–Trinajstić information content (AvgIpc) is 3.05. The molecule has 4 aromatic carbocycles. The van der Waals surface area contributed by atoms with Gasteiger partial charge in [0, 0.05) is 23.6 Å². The second kappa shape index (κ2) is 12.4. The molecular formula is C40H35F9N2O2. The summed E-state index contributed by atoms with van der Waals surface area (Å²) in [5.74, 6) is -3.34. The summed E-state index contributed by atoms with van der Waals surface area (Å²) in [7, 11) is 0. The first-order chi connectivity index (χ1) is 24.4. The van der Waals surface area contributed by atoms with Crippen molar-refractivity contribution in [2.24, 2.45) is 9.98 Å². The zero-order valence-corrected chi connectivity index (χ0v) is 30.0. The van der Waals surface area contributed by atoms with E-state index in [4.69, 9.17) is 9.47 Å². The van der Waals surface area contributed by atoms with E-state index in [1.54, 1.807) is 24.3 Å². The standard InChI is InChI=1S/C40H35F9N2O2/c1-19-9-11-25(12-10-19)26-13-15-27(16-14-26)35-51-34-23(5)21(3)29(18-31(34)37(8,53-35)40(47,48)49)32(38(41,42)43)28-17-30-33(22(4)20(28)2)50-24(6)52-36(30,7)39(44,45)46/h9-18,32H,1-8H3. The Hall–Kier alpha value is -4.81. The van der Waals surface area contributed by atoms with E-state index < -0.39 is 57.9 Å². The quantitative estimate of drug-likeness (QED) is 0.195. The van der Waals surface area contributed by atoms with Crippen LogP contribution >= 0.6 is 0 Å². The molecule has 53 heavy (non-hydrogen) atoms. The van der Waals surface area contributed by atoms with Crippen molar-refractivity contribution in [3.8, 4) is 11.1 Å². The molecular weight excluding hydrogens is 711 g/mol.